The van der Waals surface area contributed by atoms with Gasteiger partial charge in [-0.2, -0.15) is 0 Å². The van der Waals surface area contributed by atoms with E-state index in [-0.39, 0.29) is 12.1 Å². The van der Waals surface area contributed by atoms with Gasteiger partial charge >= 0.3 is 0 Å². The van der Waals surface area contributed by atoms with E-state index in [9.17, 15) is 4.39 Å². The number of ether oxygens (including phenoxy) is 2. The lowest BCUT2D eigenvalue weighted by molar-refractivity contribution is -0.205. The minimum Gasteiger partial charge on any atom is -0.352 e. The van der Waals surface area contributed by atoms with Crippen LogP contribution in [-0.2, 0) is 9.47 Å². The van der Waals surface area contributed by atoms with E-state index in [1.165, 1.54) is 12.8 Å². The fourth-order valence-electron chi connectivity index (χ4n) is 2.82. The predicted molar refractivity (Wildman–Crippen MR) is 69.9 cm³/mol. The number of hydrogen-bond donors (Lipinski definition) is 0. The van der Waals surface area contributed by atoms with Gasteiger partial charge in [0.25, 0.3) is 0 Å². The molecule has 2 aliphatic rings. The molecule has 1 fully saturated rings. The maximum Gasteiger partial charge on any atom is 0.157 e. The van der Waals surface area contributed by atoms with Gasteiger partial charge in [-0.05, 0) is 44.4 Å². The van der Waals surface area contributed by atoms with Gasteiger partial charge in [0.2, 0.25) is 0 Å². The molecule has 18 heavy (non-hydrogen) atoms. The topological polar surface area (TPSA) is 18.5 Å². The second kappa shape index (κ2) is 7.25. The third-order valence-corrected chi connectivity index (χ3v) is 4.01. The molecule has 1 saturated heterocycles. The Hall–Kier alpha value is -0.410. The van der Waals surface area contributed by atoms with E-state index < -0.39 is 0 Å². The summed E-state index contributed by atoms with van der Waals surface area (Å²) >= 11 is 0. The summed E-state index contributed by atoms with van der Waals surface area (Å²) in [6.07, 6.45) is 8.65. The van der Waals surface area contributed by atoms with E-state index in [2.05, 4.69) is 6.92 Å². The first-order chi connectivity index (χ1) is 8.78. The average molecular weight is 256 g/mol. The summed E-state index contributed by atoms with van der Waals surface area (Å²) < 4.78 is 24.4. The lowest BCUT2D eigenvalue weighted by Gasteiger charge is -2.30. The third-order valence-electron chi connectivity index (χ3n) is 4.01. The fraction of sp³-hybridized carbons (Fsp3) is 0.867. The van der Waals surface area contributed by atoms with E-state index >= 15 is 0 Å². The maximum atomic E-state index is 12.9. The fourth-order valence-corrected chi connectivity index (χ4v) is 2.82. The molecule has 1 unspecified atom stereocenters. The Kier molecular flexibility index (Phi) is 5.64. The first kappa shape index (κ1) is 14.0. The van der Waals surface area contributed by atoms with Crippen molar-refractivity contribution in [3.05, 3.63) is 11.9 Å². The van der Waals surface area contributed by atoms with Gasteiger partial charge in [-0.25, -0.2) is 4.39 Å². The summed E-state index contributed by atoms with van der Waals surface area (Å²) in [6, 6.07) is 0. The van der Waals surface area contributed by atoms with Crippen LogP contribution in [0.1, 0.15) is 51.9 Å². The van der Waals surface area contributed by atoms with Gasteiger partial charge < -0.3 is 9.47 Å². The summed E-state index contributed by atoms with van der Waals surface area (Å²) in [6.45, 7) is 3.89. The van der Waals surface area contributed by atoms with E-state index in [4.69, 9.17) is 9.47 Å². The van der Waals surface area contributed by atoms with E-state index in [0.29, 0.717) is 18.3 Å². The standard InChI is InChI=1S/C15H25FO2/c1-2-3-13-10-17-15(18-11-13)9-6-12-4-7-14(16)8-5-12/h7,12-13,15H,2-6,8-11H2,1H3. The van der Waals surface area contributed by atoms with Crippen molar-refractivity contribution in [2.75, 3.05) is 13.2 Å². The molecular formula is C15H25FO2. The molecule has 0 N–H and O–H groups in total. The van der Waals surface area contributed by atoms with Gasteiger partial charge in [0.1, 0.15) is 0 Å². The van der Waals surface area contributed by atoms with Crippen molar-refractivity contribution >= 4 is 0 Å². The van der Waals surface area contributed by atoms with E-state index in [1.807, 2.05) is 0 Å². The van der Waals surface area contributed by atoms with Gasteiger partial charge in [-0.1, -0.05) is 19.4 Å². The molecule has 0 aromatic carbocycles. The molecule has 2 rings (SSSR count). The Morgan fingerprint density at radius 2 is 1.94 bits per heavy atom. The first-order valence-corrected chi connectivity index (χ1v) is 7.35. The van der Waals surface area contributed by atoms with Gasteiger partial charge in [-0.3, -0.25) is 0 Å². The summed E-state index contributed by atoms with van der Waals surface area (Å²) in [5.41, 5.74) is 0. The molecule has 0 radical (unpaired) electrons. The van der Waals surface area contributed by atoms with Gasteiger partial charge in [0.05, 0.1) is 19.0 Å². The van der Waals surface area contributed by atoms with Crippen LogP contribution in [0.3, 0.4) is 0 Å². The molecule has 1 atom stereocenters. The Labute approximate surface area is 110 Å². The summed E-state index contributed by atoms with van der Waals surface area (Å²) in [5, 5.41) is 0. The minimum absolute atomic E-state index is 0.0196. The van der Waals surface area contributed by atoms with Crippen molar-refractivity contribution in [2.45, 2.75) is 58.2 Å². The van der Waals surface area contributed by atoms with Crippen LogP contribution >= 0.6 is 0 Å². The number of rotatable bonds is 5. The molecule has 0 amide bonds. The Bertz CT molecular complexity index is 270. The molecule has 3 heteroatoms. The van der Waals surface area contributed by atoms with Crippen molar-refractivity contribution in [2.24, 2.45) is 11.8 Å². The van der Waals surface area contributed by atoms with Gasteiger partial charge in [-0.15, -0.1) is 0 Å². The summed E-state index contributed by atoms with van der Waals surface area (Å²) in [5.74, 6) is 1.27. The highest BCUT2D eigenvalue weighted by Gasteiger charge is 2.23. The van der Waals surface area contributed by atoms with Crippen LogP contribution < -0.4 is 0 Å². The molecule has 1 heterocycles. The van der Waals surface area contributed by atoms with Crippen LogP contribution in [-0.4, -0.2) is 19.5 Å². The van der Waals surface area contributed by atoms with Crippen LogP contribution in [0.25, 0.3) is 0 Å². The monoisotopic (exact) mass is 256 g/mol. The molecule has 1 aliphatic carbocycles. The second-order valence-corrected chi connectivity index (χ2v) is 5.62. The number of halogens is 1. The zero-order chi connectivity index (χ0) is 12.8. The predicted octanol–water partition coefficient (Wildman–Crippen LogP) is 4.21. The van der Waals surface area contributed by atoms with Crippen LogP contribution in [0.5, 0.6) is 0 Å². The van der Waals surface area contributed by atoms with E-state index in [1.54, 1.807) is 6.08 Å². The van der Waals surface area contributed by atoms with Gasteiger partial charge in [0.15, 0.2) is 6.29 Å². The maximum absolute atomic E-state index is 12.9. The zero-order valence-electron chi connectivity index (χ0n) is 11.4. The van der Waals surface area contributed by atoms with Crippen molar-refractivity contribution in [3.8, 4) is 0 Å². The molecular weight excluding hydrogens is 231 g/mol. The molecule has 0 bridgehead atoms. The highest BCUT2D eigenvalue weighted by atomic mass is 19.1. The van der Waals surface area contributed by atoms with Crippen molar-refractivity contribution < 1.29 is 13.9 Å². The zero-order valence-corrected chi connectivity index (χ0v) is 11.4. The normalized spacial score (nSPS) is 33.2. The lowest BCUT2D eigenvalue weighted by atomic mass is 9.89. The molecule has 0 spiro atoms. The summed E-state index contributed by atoms with van der Waals surface area (Å²) in [7, 11) is 0. The van der Waals surface area contributed by atoms with Crippen molar-refractivity contribution in [1.29, 1.82) is 0 Å². The van der Waals surface area contributed by atoms with Crippen LogP contribution in [0.4, 0.5) is 4.39 Å². The molecule has 0 aromatic rings. The lowest BCUT2D eigenvalue weighted by Crippen LogP contribution is -2.32. The van der Waals surface area contributed by atoms with Crippen LogP contribution in [0, 0.1) is 11.8 Å². The second-order valence-electron chi connectivity index (χ2n) is 5.62. The van der Waals surface area contributed by atoms with Crippen molar-refractivity contribution in [3.63, 3.8) is 0 Å². The molecule has 2 nitrogen and oxygen atoms in total. The highest BCUT2D eigenvalue weighted by Crippen LogP contribution is 2.29. The summed E-state index contributed by atoms with van der Waals surface area (Å²) in [4.78, 5) is 0. The Morgan fingerprint density at radius 3 is 2.56 bits per heavy atom. The first-order valence-electron chi connectivity index (χ1n) is 7.35. The van der Waals surface area contributed by atoms with Gasteiger partial charge in [0, 0.05) is 5.92 Å². The SMILES string of the molecule is CCCC1COC(CCC2CC=C(F)CC2)OC1. The quantitative estimate of drug-likeness (QED) is 0.733. The molecule has 104 valence electrons. The highest BCUT2D eigenvalue weighted by molar-refractivity contribution is 4.97. The Morgan fingerprint density at radius 1 is 1.17 bits per heavy atom. The van der Waals surface area contributed by atoms with E-state index in [0.717, 1.165) is 38.9 Å². The molecule has 1 aliphatic heterocycles. The number of hydrogen-bond acceptors (Lipinski definition) is 2. The number of allylic oxidation sites excluding steroid dienone is 2. The average Bonchev–Trinajstić information content (AvgIpc) is 2.40. The molecule has 0 saturated carbocycles. The van der Waals surface area contributed by atoms with Crippen LogP contribution in [0.2, 0.25) is 0 Å². The third kappa shape index (κ3) is 4.36. The Balaban J connectivity index is 1.61. The largest absolute Gasteiger partial charge is 0.352 e. The minimum atomic E-state index is -0.0196. The van der Waals surface area contributed by atoms with Crippen LogP contribution in [0.15, 0.2) is 11.9 Å². The smallest absolute Gasteiger partial charge is 0.157 e. The van der Waals surface area contributed by atoms with Crippen molar-refractivity contribution in [1.82, 2.24) is 0 Å². The molecule has 0 aromatic heterocycles.